The number of aromatic amines is 1. The van der Waals surface area contributed by atoms with Gasteiger partial charge in [-0.2, -0.15) is 5.10 Å². The molecule has 18 heavy (non-hydrogen) atoms. The molecule has 0 saturated carbocycles. The predicted molar refractivity (Wildman–Crippen MR) is 71.6 cm³/mol. The van der Waals surface area contributed by atoms with Crippen molar-refractivity contribution in [1.82, 2.24) is 14.6 Å². The van der Waals surface area contributed by atoms with E-state index in [1.807, 2.05) is 5.01 Å². The van der Waals surface area contributed by atoms with Gasteiger partial charge in [-0.3, -0.25) is 19.4 Å². The third-order valence-corrected chi connectivity index (χ3v) is 3.39. The molecule has 0 bridgehead atoms. The molecule has 1 aliphatic heterocycles. The van der Waals surface area contributed by atoms with Gasteiger partial charge in [-0.05, 0) is 31.5 Å². The van der Waals surface area contributed by atoms with Crippen molar-refractivity contribution in [3.8, 4) is 5.88 Å². The highest BCUT2D eigenvalue weighted by molar-refractivity contribution is 7.71. The molecular weight excluding hydrogens is 252 g/mol. The molecule has 0 unspecified atom stereocenters. The molecule has 2 rings (SSSR count). The van der Waals surface area contributed by atoms with Crippen LogP contribution in [-0.2, 0) is 7.05 Å². The van der Waals surface area contributed by atoms with Crippen molar-refractivity contribution in [2.24, 2.45) is 12.1 Å². The molecule has 0 amide bonds. The van der Waals surface area contributed by atoms with E-state index in [1.54, 1.807) is 7.05 Å². The van der Waals surface area contributed by atoms with Gasteiger partial charge in [0.1, 0.15) is 5.56 Å². The van der Waals surface area contributed by atoms with E-state index in [4.69, 9.17) is 12.2 Å². The fourth-order valence-corrected chi connectivity index (χ4v) is 2.05. The molecule has 0 aliphatic carbocycles. The number of piperidine rings is 1. The normalized spacial score (nSPS) is 16.4. The van der Waals surface area contributed by atoms with E-state index in [0.717, 1.165) is 25.9 Å². The van der Waals surface area contributed by atoms with Crippen LogP contribution in [0.15, 0.2) is 9.90 Å². The number of aromatic hydroxyl groups is 1. The lowest BCUT2D eigenvalue weighted by atomic mass is 10.2. The number of H-pyrrole nitrogens is 1. The van der Waals surface area contributed by atoms with Crippen LogP contribution in [0.2, 0.25) is 0 Å². The molecule has 7 heteroatoms. The number of rotatable bonds is 2. The zero-order chi connectivity index (χ0) is 13.1. The summed E-state index contributed by atoms with van der Waals surface area (Å²) in [6.07, 6.45) is 4.84. The van der Waals surface area contributed by atoms with Crippen molar-refractivity contribution in [3.05, 3.63) is 20.7 Å². The molecular formula is C11H16N4O2S. The van der Waals surface area contributed by atoms with Crippen molar-refractivity contribution in [2.45, 2.75) is 19.3 Å². The van der Waals surface area contributed by atoms with E-state index >= 15 is 0 Å². The van der Waals surface area contributed by atoms with Crippen LogP contribution in [0.25, 0.3) is 0 Å². The lowest BCUT2D eigenvalue weighted by Crippen LogP contribution is -2.25. The van der Waals surface area contributed by atoms with Gasteiger partial charge in [-0.1, -0.05) is 0 Å². The maximum atomic E-state index is 11.7. The van der Waals surface area contributed by atoms with Crippen LogP contribution in [0, 0.1) is 4.77 Å². The van der Waals surface area contributed by atoms with Crippen molar-refractivity contribution < 1.29 is 5.11 Å². The number of hydrogen-bond acceptors (Lipinski definition) is 5. The first-order valence-electron chi connectivity index (χ1n) is 5.91. The zero-order valence-electron chi connectivity index (χ0n) is 10.2. The fourth-order valence-electron chi connectivity index (χ4n) is 1.88. The summed E-state index contributed by atoms with van der Waals surface area (Å²) in [5.41, 5.74) is -0.284. The SMILES string of the molecule is Cn1c(O)c(/C=N/N2CCCCC2)c(=O)[nH]c1=S. The molecule has 1 aromatic heterocycles. The average Bonchev–Trinajstić information content (AvgIpc) is 2.37. The third kappa shape index (κ3) is 2.61. The van der Waals surface area contributed by atoms with E-state index in [2.05, 4.69) is 10.1 Å². The first-order valence-corrected chi connectivity index (χ1v) is 6.31. The average molecular weight is 268 g/mol. The highest BCUT2D eigenvalue weighted by Gasteiger charge is 2.10. The van der Waals surface area contributed by atoms with Crippen molar-refractivity contribution in [3.63, 3.8) is 0 Å². The molecule has 1 fully saturated rings. The maximum absolute atomic E-state index is 11.7. The Bertz CT molecular complexity index is 569. The first kappa shape index (κ1) is 12.8. The van der Waals surface area contributed by atoms with Crippen molar-refractivity contribution in [2.75, 3.05) is 13.1 Å². The van der Waals surface area contributed by atoms with E-state index < -0.39 is 5.56 Å². The van der Waals surface area contributed by atoms with E-state index in [0.29, 0.717) is 0 Å². The number of hydrogen-bond donors (Lipinski definition) is 2. The molecule has 6 nitrogen and oxygen atoms in total. The minimum absolute atomic E-state index is 0.136. The van der Waals surface area contributed by atoms with Gasteiger partial charge in [0.25, 0.3) is 5.56 Å². The minimum atomic E-state index is -0.420. The summed E-state index contributed by atoms with van der Waals surface area (Å²) in [6, 6.07) is 0. The topological polar surface area (TPSA) is 73.6 Å². The molecule has 0 radical (unpaired) electrons. The van der Waals surface area contributed by atoms with Crippen LogP contribution in [0.4, 0.5) is 0 Å². The van der Waals surface area contributed by atoms with Crippen LogP contribution in [0.1, 0.15) is 24.8 Å². The van der Waals surface area contributed by atoms with Gasteiger partial charge in [0.15, 0.2) is 4.77 Å². The van der Waals surface area contributed by atoms with Crippen LogP contribution < -0.4 is 5.56 Å². The number of hydrazone groups is 1. The summed E-state index contributed by atoms with van der Waals surface area (Å²) in [5, 5.41) is 16.0. The van der Waals surface area contributed by atoms with Gasteiger partial charge in [0.05, 0.1) is 6.21 Å². The lowest BCUT2D eigenvalue weighted by Gasteiger charge is -2.23. The summed E-state index contributed by atoms with van der Waals surface area (Å²) >= 11 is 4.89. The summed E-state index contributed by atoms with van der Waals surface area (Å²) < 4.78 is 1.53. The Balaban J connectivity index is 2.28. The van der Waals surface area contributed by atoms with E-state index in [-0.39, 0.29) is 16.2 Å². The van der Waals surface area contributed by atoms with Crippen molar-refractivity contribution in [1.29, 1.82) is 0 Å². The molecule has 2 heterocycles. The molecule has 1 saturated heterocycles. The maximum Gasteiger partial charge on any atom is 0.264 e. The number of aromatic nitrogens is 2. The van der Waals surface area contributed by atoms with Gasteiger partial charge < -0.3 is 5.11 Å². The zero-order valence-corrected chi connectivity index (χ0v) is 11.0. The summed E-state index contributed by atoms with van der Waals surface area (Å²) in [6.45, 7) is 1.78. The van der Waals surface area contributed by atoms with E-state index in [9.17, 15) is 9.90 Å². The standard InChI is InChI=1S/C11H16N4O2S/c1-14-10(17)8(9(16)13-11(14)18)7-12-15-5-3-2-4-6-15/h7,17H,2-6H2,1H3,(H,13,16,18)/b12-7+. The van der Waals surface area contributed by atoms with Gasteiger partial charge in [0, 0.05) is 20.1 Å². The van der Waals surface area contributed by atoms with Gasteiger partial charge in [-0.25, -0.2) is 0 Å². The van der Waals surface area contributed by atoms with Gasteiger partial charge >= 0.3 is 0 Å². The largest absolute Gasteiger partial charge is 0.494 e. The summed E-state index contributed by atoms with van der Waals surface area (Å²) in [5.74, 6) is -0.162. The second kappa shape index (κ2) is 5.34. The second-order valence-electron chi connectivity index (χ2n) is 4.31. The van der Waals surface area contributed by atoms with Crippen LogP contribution >= 0.6 is 12.2 Å². The van der Waals surface area contributed by atoms with Crippen LogP contribution in [-0.4, -0.2) is 39.0 Å². The Morgan fingerprint density at radius 1 is 1.39 bits per heavy atom. The molecule has 2 N–H and O–H groups in total. The number of nitrogens with zero attached hydrogens (tertiary/aromatic N) is 3. The lowest BCUT2D eigenvalue weighted by molar-refractivity contribution is 0.240. The Kier molecular flexibility index (Phi) is 3.81. The molecule has 1 aromatic rings. The van der Waals surface area contributed by atoms with E-state index in [1.165, 1.54) is 17.2 Å². The Hall–Kier alpha value is -1.63. The Morgan fingerprint density at radius 2 is 2.06 bits per heavy atom. The smallest absolute Gasteiger partial charge is 0.264 e. The quantitative estimate of drug-likeness (QED) is 0.619. The second-order valence-corrected chi connectivity index (χ2v) is 4.70. The number of nitrogens with one attached hydrogen (secondary N) is 1. The van der Waals surface area contributed by atoms with Crippen molar-refractivity contribution >= 4 is 18.4 Å². The minimum Gasteiger partial charge on any atom is -0.494 e. The molecule has 1 aliphatic rings. The van der Waals surface area contributed by atoms with Crippen LogP contribution in [0.5, 0.6) is 5.88 Å². The van der Waals surface area contributed by atoms with Gasteiger partial charge in [-0.15, -0.1) is 0 Å². The first-order chi connectivity index (χ1) is 8.59. The van der Waals surface area contributed by atoms with Gasteiger partial charge in [0.2, 0.25) is 5.88 Å². The fraction of sp³-hybridized carbons (Fsp3) is 0.545. The van der Waals surface area contributed by atoms with Crippen LogP contribution in [0.3, 0.4) is 0 Å². The Morgan fingerprint density at radius 3 is 2.72 bits per heavy atom. The third-order valence-electron chi connectivity index (χ3n) is 3.01. The highest BCUT2D eigenvalue weighted by Crippen LogP contribution is 2.11. The predicted octanol–water partition coefficient (Wildman–Crippen LogP) is 0.968. The monoisotopic (exact) mass is 268 g/mol. The molecule has 0 aromatic carbocycles. The molecule has 0 spiro atoms. The summed E-state index contributed by atoms with van der Waals surface area (Å²) in [4.78, 5) is 14.2. The molecule has 98 valence electrons. The molecule has 0 atom stereocenters. The Labute approximate surface area is 110 Å². The summed E-state index contributed by atoms with van der Waals surface area (Å²) in [7, 11) is 1.59. The highest BCUT2D eigenvalue weighted by atomic mass is 32.1.